The van der Waals surface area contributed by atoms with Gasteiger partial charge in [0.05, 0.1) is 11.2 Å². The van der Waals surface area contributed by atoms with Crippen LogP contribution < -0.4 is 4.90 Å². The molecule has 1 saturated heterocycles. The first kappa shape index (κ1) is 16.8. The monoisotopic (exact) mass is 352 g/mol. The quantitative estimate of drug-likeness (QED) is 0.754. The van der Waals surface area contributed by atoms with Crippen molar-refractivity contribution >= 4 is 16.7 Å². The van der Waals surface area contributed by atoms with Gasteiger partial charge in [0, 0.05) is 43.2 Å². The van der Waals surface area contributed by atoms with Crippen LogP contribution in [0.25, 0.3) is 22.3 Å². The fourth-order valence-electron chi connectivity index (χ4n) is 3.79. The SMILES string of the molecule is CC(C)N1CCN(c2cc(-c3n[nH]c4ccc(O)cc34)ncn2)CC1C. The van der Waals surface area contributed by atoms with Gasteiger partial charge >= 0.3 is 0 Å². The second-order valence-electron chi connectivity index (χ2n) is 7.19. The van der Waals surface area contributed by atoms with E-state index in [0.717, 1.165) is 47.7 Å². The van der Waals surface area contributed by atoms with Crippen molar-refractivity contribution in [3.63, 3.8) is 0 Å². The minimum absolute atomic E-state index is 0.216. The predicted molar refractivity (Wildman–Crippen MR) is 102 cm³/mol. The van der Waals surface area contributed by atoms with Crippen LogP contribution in [0.5, 0.6) is 5.75 Å². The first-order chi connectivity index (χ1) is 12.5. The zero-order valence-corrected chi connectivity index (χ0v) is 15.3. The molecule has 7 nitrogen and oxygen atoms in total. The molecule has 1 aliphatic heterocycles. The van der Waals surface area contributed by atoms with E-state index in [4.69, 9.17) is 0 Å². The lowest BCUT2D eigenvalue weighted by atomic mass is 10.1. The molecule has 1 fully saturated rings. The summed E-state index contributed by atoms with van der Waals surface area (Å²) in [5, 5.41) is 18.0. The second-order valence-corrected chi connectivity index (χ2v) is 7.19. The Morgan fingerprint density at radius 3 is 2.81 bits per heavy atom. The molecule has 0 saturated carbocycles. The molecular formula is C19H24N6O. The molecule has 7 heteroatoms. The second kappa shape index (κ2) is 6.57. The molecule has 0 bridgehead atoms. The van der Waals surface area contributed by atoms with Gasteiger partial charge in [0.15, 0.2) is 0 Å². The first-order valence-electron chi connectivity index (χ1n) is 9.03. The molecule has 0 spiro atoms. The van der Waals surface area contributed by atoms with Crippen LogP contribution in [0.1, 0.15) is 20.8 Å². The minimum Gasteiger partial charge on any atom is -0.508 e. The van der Waals surface area contributed by atoms with Gasteiger partial charge in [-0.3, -0.25) is 10.00 Å². The number of rotatable bonds is 3. The molecular weight excluding hydrogens is 328 g/mol. The number of aromatic hydroxyl groups is 1. The van der Waals surface area contributed by atoms with Gasteiger partial charge in [-0.2, -0.15) is 5.10 Å². The van der Waals surface area contributed by atoms with E-state index in [-0.39, 0.29) is 5.75 Å². The van der Waals surface area contributed by atoms with Crippen LogP contribution in [0.3, 0.4) is 0 Å². The van der Waals surface area contributed by atoms with Gasteiger partial charge in [-0.15, -0.1) is 0 Å². The van der Waals surface area contributed by atoms with Gasteiger partial charge in [-0.05, 0) is 39.0 Å². The topological polar surface area (TPSA) is 81.2 Å². The highest BCUT2D eigenvalue weighted by molar-refractivity contribution is 5.93. The molecule has 0 aliphatic carbocycles. The Labute approximate surface area is 152 Å². The van der Waals surface area contributed by atoms with Crippen LogP contribution in [-0.2, 0) is 0 Å². The number of anilines is 1. The lowest BCUT2D eigenvalue weighted by molar-refractivity contribution is 0.148. The summed E-state index contributed by atoms with van der Waals surface area (Å²) >= 11 is 0. The molecule has 1 atom stereocenters. The number of phenols is 1. The Morgan fingerprint density at radius 1 is 1.19 bits per heavy atom. The van der Waals surface area contributed by atoms with Crippen molar-refractivity contribution in [3.05, 3.63) is 30.6 Å². The number of piperazine rings is 1. The number of nitrogens with zero attached hydrogens (tertiary/aromatic N) is 5. The van der Waals surface area contributed by atoms with Crippen molar-refractivity contribution in [1.29, 1.82) is 0 Å². The van der Waals surface area contributed by atoms with Gasteiger partial charge in [-0.1, -0.05) is 0 Å². The van der Waals surface area contributed by atoms with Gasteiger partial charge in [-0.25, -0.2) is 9.97 Å². The van der Waals surface area contributed by atoms with Crippen LogP contribution in [0.2, 0.25) is 0 Å². The lowest BCUT2D eigenvalue weighted by Crippen LogP contribution is -2.54. The number of phenolic OH excluding ortho intramolecular Hbond substituents is 1. The summed E-state index contributed by atoms with van der Waals surface area (Å²) in [5.74, 6) is 1.13. The molecule has 1 aromatic carbocycles. The van der Waals surface area contributed by atoms with Crippen molar-refractivity contribution < 1.29 is 5.11 Å². The molecule has 26 heavy (non-hydrogen) atoms. The largest absolute Gasteiger partial charge is 0.508 e. The Kier molecular flexibility index (Phi) is 4.24. The first-order valence-corrected chi connectivity index (χ1v) is 9.03. The van der Waals surface area contributed by atoms with E-state index in [9.17, 15) is 5.11 Å². The van der Waals surface area contributed by atoms with Crippen LogP contribution >= 0.6 is 0 Å². The standard InChI is InChI=1S/C19H24N6O/c1-12(2)25-7-6-24(10-13(25)3)18-9-17(20-11-21-18)19-15-8-14(26)4-5-16(15)22-23-19/h4-5,8-9,11-13,26H,6-7,10H2,1-3H3,(H,22,23). The Hall–Kier alpha value is -2.67. The van der Waals surface area contributed by atoms with Crippen molar-refractivity contribution in [2.24, 2.45) is 0 Å². The third-order valence-corrected chi connectivity index (χ3v) is 5.11. The summed E-state index contributed by atoms with van der Waals surface area (Å²) in [5.41, 5.74) is 2.36. The van der Waals surface area contributed by atoms with Gasteiger partial charge in [0.25, 0.3) is 0 Å². The van der Waals surface area contributed by atoms with Crippen LogP contribution in [0.4, 0.5) is 5.82 Å². The molecule has 1 unspecified atom stereocenters. The Balaban J connectivity index is 1.64. The fourth-order valence-corrected chi connectivity index (χ4v) is 3.79. The van der Waals surface area contributed by atoms with E-state index < -0.39 is 0 Å². The lowest BCUT2D eigenvalue weighted by Gasteiger charge is -2.42. The summed E-state index contributed by atoms with van der Waals surface area (Å²) in [6, 6.07) is 8.18. The van der Waals surface area contributed by atoms with Crippen molar-refractivity contribution in [2.75, 3.05) is 24.5 Å². The zero-order valence-electron chi connectivity index (χ0n) is 15.3. The summed E-state index contributed by atoms with van der Waals surface area (Å²) in [6.45, 7) is 9.66. The van der Waals surface area contributed by atoms with E-state index in [1.807, 2.05) is 12.1 Å². The number of hydrogen-bond acceptors (Lipinski definition) is 6. The maximum absolute atomic E-state index is 9.79. The molecule has 3 heterocycles. The summed E-state index contributed by atoms with van der Waals surface area (Å²) < 4.78 is 0. The Bertz CT molecular complexity index is 921. The summed E-state index contributed by atoms with van der Waals surface area (Å²) in [7, 11) is 0. The molecule has 2 aromatic heterocycles. The number of nitrogens with one attached hydrogen (secondary N) is 1. The zero-order chi connectivity index (χ0) is 18.3. The highest BCUT2D eigenvalue weighted by atomic mass is 16.3. The summed E-state index contributed by atoms with van der Waals surface area (Å²) in [6.07, 6.45) is 1.59. The molecule has 4 rings (SSSR count). The van der Waals surface area contributed by atoms with E-state index in [1.165, 1.54) is 0 Å². The Morgan fingerprint density at radius 2 is 2.04 bits per heavy atom. The number of aromatic amines is 1. The maximum atomic E-state index is 9.79. The molecule has 0 amide bonds. The van der Waals surface area contributed by atoms with E-state index >= 15 is 0 Å². The third kappa shape index (κ3) is 2.99. The van der Waals surface area contributed by atoms with E-state index in [1.54, 1.807) is 18.5 Å². The highest BCUT2D eigenvalue weighted by Gasteiger charge is 2.26. The van der Waals surface area contributed by atoms with Crippen molar-refractivity contribution in [3.8, 4) is 17.1 Å². The number of fused-ring (bicyclic) bond motifs is 1. The average molecular weight is 352 g/mol. The molecule has 3 aromatic rings. The van der Waals surface area contributed by atoms with Crippen molar-refractivity contribution in [1.82, 2.24) is 25.1 Å². The van der Waals surface area contributed by atoms with Crippen LogP contribution in [0.15, 0.2) is 30.6 Å². The number of aromatic nitrogens is 4. The van der Waals surface area contributed by atoms with Crippen LogP contribution in [-0.4, -0.2) is 61.9 Å². The molecule has 2 N–H and O–H groups in total. The third-order valence-electron chi connectivity index (χ3n) is 5.11. The van der Waals surface area contributed by atoms with E-state index in [2.05, 4.69) is 50.7 Å². The van der Waals surface area contributed by atoms with Gasteiger partial charge in [0.1, 0.15) is 23.6 Å². The molecule has 1 aliphatic rings. The van der Waals surface area contributed by atoms with E-state index in [0.29, 0.717) is 12.1 Å². The average Bonchev–Trinajstić information content (AvgIpc) is 3.04. The number of benzene rings is 1. The molecule has 0 radical (unpaired) electrons. The van der Waals surface area contributed by atoms with Crippen LogP contribution in [0, 0.1) is 0 Å². The maximum Gasteiger partial charge on any atom is 0.132 e. The number of hydrogen-bond donors (Lipinski definition) is 2. The van der Waals surface area contributed by atoms with Gasteiger partial charge < -0.3 is 10.0 Å². The predicted octanol–water partition coefficient (Wildman–Crippen LogP) is 2.64. The minimum atomic E-state index is 0.216. The number of H-pyrrole nitrogens is 1. The smallest absolute Gasteiger partial charge is 0.132 e. The molecule has 136 valence electrons. The van der Waals surface area contributed by atoms with Gasteiger partial charge in [0.2, 0.25) is 0 Å². The van der Waals surface area contributed by atoms with Crippen molar-refractivity contribution in [2.45, 2.75) is 32.9 Å². The highest BCUT2D eigenvalue weighted by Crippen LogP contribution is 2.29. The summed E-state index contributed by atoms with van der Waals surface area (Å²) in [4.78, 5) is 13.7. The normalized spacial score (nSPS) is 18.8. The fraction of sp³-hybridized carbons (Fsp3) is 0.421.